The third-order valence-corrected chi connectivity index (χ3v) is 14.2. The van der Waals surface area contributed by atoms with Gasteiger partial charge in [0.15, 0.2) is 37.7 Å². The van der Waals surface area contributed by atoms with Crippen LogP contribution in [0.2, 0.25) is 0 Å². The summed E-state index contributed by atoms with van der Waals surface area (Å²) in [5, 5.41) is 183. The predicted octanol–water partition coefficient (Wildman–Crippen LogP) is -15.8. The standard InChI is InChI=1S/C41H72N3O36P/c1-2-10-18(49)24(55)30(61)38(72-10)79-34-27(58)19(50)11(3-45)73-40(34)68-5-13-21(52)25(56)29(60)36(75-13)67-6-14-23(54)33(32(63)37(76-14)69-8-16(47)43-44-17(48)9-70-42)78-41-35(28(59)20(51)12(4-46)74-41)80-39-31(62)26(57)22(53)15(77-39)7-71-81(64,65)66/h10-15,18-41,45-46,49-63H,2-9,42H2,1H3,(H,43,47)(H,44,48)(H2,64,65,66)/p-2/t10?,11?,12?,13?,14?,15?,18-,19-,20-,21-,22-,23-,24-,25-,26-,27-,28-,29?,30?,31?,32?,33-,34?,35?,36+,37+,38-,39-,40+,41-/m0/s1. The summed E-state index contributed by atoms with van der Waals surface area (Å²) in [4.78, 5) is 50.9. The van der Waals surface area contributed by atoms with Gasteiger partial charge in [-0.25, -0.2) is 5.90 Å². The summed E-state index contributed by atoms with van der Waals surface area (Å²) in [6.07, 6.45) is -59.6. The van der Waals surface area contributed by atoms with Gasteiger partial charge in [-0.3, -0.25) is 25.3 Å². The summed E-state index contributed by atoms with van der Waals surface area (Å²) < 4.78 is 82.9. The number of amides is 2. The first-order valence-corrected chi connectivity index (χ1v) is 26.3. The highest BCUT2D eigenvalue weighted by Crippen LogP contribution is 2.36. The minimum Gasteiger partial charge on any atom is -0.790 e. The number of phosphoric ester groups is 1. The Balaban J connectivity index is 1.21. The van der Waals surface area contributed by atoms with E-state index in [0.29, 0.717) is 0 Å². The van der Waals surface area contributed by atoms with E-state index in [1.165, 1.54) is 0 Å². The smallest absolute Gasteiger partial charge is 0.266 e. The maximum absolute atomic E-state index is 12.7. The van der Waals surface area contributed by atoms with Crippen LogP contribution in [0.5, 0.6) is 0 Å². The number of aliphatic hydroxyl groups excluding tert-OH is 17. The lowest BCUT2D eigenvalue weighted by Crippen LogP contribution is -2.67. The third kappa shape index (κ3) is 16.5. The Bertz CT molecular complexity index is 2010. The molecule has 6 fully saturated rings. The molecule has 0 bridgehead atoms. The van der Waals surface area contributed by atoms with Gasteiger partial charge in [0.25, 0.3) is 11.8 Å². The summed E-state index contributed by atoms with van der Waals surface area (Å²) in [5.41, 5.74) is 3.82. The van der Waals surface area contributed by atoms with Crippen LogP contribution < -0.4 is 26.5 Å². The maximum Gasteiger partial charge on any atom is 0.266 e. The summed E-state index contributed by atoms with van der Waals surface area (Å²) in [6.45, 7) is -5.37. The van der Waals surface area contributed by atoms with Crippen molar-refractivity contribution in [3.8, 4) is 0 Å². The van der Waals surface area contributed by atoms with Gasteiger partial charge in [0, 0.05) is 0 Å². The molecule has 0 aromatic carbocycles. The fourth-order valence-corrected chi connectivity index (χ4v) is 9.49. The summed E-state index contributed by atoms with van der Waals surface area (Å²) in [6, 6.07) is 0. The summed E-state index contributed by atoms with van der Waals surface area (Å²) >= 11 is 0. The minimum atomic E-state index is -5.73. The first-order chi connectivity index (χ1) is 38.2. The highest BCUT2D eigenvalue weighted by Gasteiger charge is 2.56. The van der Waals surface area contributed by atoms with Gasteiger partial charge in [0.05, 0.1) is 47.0 Å². The molecule has 6 aliphatic rings. The van der Waals surface area contributed by atoms with Crippen molar-refractivity contribution in [2.45, 2.75) is 198 Å². The second kappa shape index (κ2) is 29.9. The summed E-state index contributed by atoms with van der Waals surface area (Å²) in [7, 11) is -5.73. The van der Waals surface area contributed by atoms with E-state index < -0.39 is 250 Å². The van der Waals surface area contributed by atoms with E-state index in [1.54, 1.807) is 6.92 Å². The molecule has 6 saturated heterocycles. The molecule has 21 N–H and O–H groups in total. The molecule has 0 radical (unpaired) electrons. The third-order valence-electron chi connectivity index (χ3n) is 13.8. The van der Waals surface area contributed by atoms with Crippen molar-refractivity contribution in [2.75, 3.05) is 46.2 Å². The van der Waals surface area contributed by atoms with Crippen molar-refractivity contribution in [1.82, 2.24) is 10.9 Å². The predicted molar refractivity (Wildman–Crippen MR) is 239 cm³/mol. The number of nitrogens with one attached hydrogen (secondary N) is 2. The fraction of sp³-hybridized carbons (Fsp3) is 0.951. The molecule has 0 aromatic heterocycles. The lowest BCUT2D eigenvalue weighted by Gasteiger charge is -2.49. The largest absolute Gasteiger partial charge is 0.790 e. The van der Waals surface area contributed by atoms with E-state index in [1.807, 2.05) is 10.9 Å². The minimum absolute atomic E-state index is 0.102. The van der Waals surface area contributed by atoms with E-state index in [9.17, 15) is 111 Å². The molecule has 0 aliphatic carbocycles. The molecule has 0 spiro atoms. The molecular weight excluding hydrogens is 1140 g/mol. The topological polar surface area (TPSA) is 621 Å². The Kier molecular flexibility index (Phi) is 25.1. The van der Waals surface area contributed by atoms with Gasteiger partial charge >= 0.3 is 0 Å². The Hall–Kier alpha value is -2.19. The Morgan fingerprint density at radius 2 is 0.802 bits per heavy atom. The van der Waals surface area contributed by atoms with Crippen LogP contribution in [-0.4, -0.2) is 329 Å². The number of hydrogen-bond donors (Lipinski definition) is 20. The molecule has 2 amide bonds. The first kappa shape index (κ1) is 67.9. The molecule has 30 atom stereocenters. The number of hydrogen-bond acceptors (Lipinski definition) is 37. The highest BCUT2D eigenvalue weighted by molar-refractivity contribution is 7.43. The molecule has 6 aliphatic heterocycles. The second-order valence-corrected chi connectivity index (χ2v) is 20.5. The average molecular weight is 1210 g/mol. The van der Waals surface area contributed by atoms with Crippen LogP contribution in [0.4, 0.5) is 0 Å². The number of phosphoric acid groups is 1. The Morgan fingerprint density at radius 1 is 0.432 bits per heavy atom. The second-order valence-electron chi connectivity index (χ2n) is 19.3. The van der Waals surface area contributed by atoms with Crippen LogP contribution in [0.3, 0.4) is 0 Å². The molecule has 39 nitrogen and oxygen atoms in total. The molecule has 0 aromatic rings. The van der Waals surface area contributed by atoms with Gasteiger partial charge in [-0.05, 0) is 6.42 Å². The van der Waals surface area contributed by atoms with E-state index in [2.05, 4.69) is 9.36 Å². The summed E-state index contributed by atoms with van der Waals surface area (Å²) in [5.74, 6) is 2.76. The fourth-order valence-electron chi connectivity index (χ4n) is 9.16. The van der Waals surface area contributed by atoms with Crippen molar-refractivity contribution < 1.29 is 177 Å². The number of rotatable bonds is 23. The number of carbonyl (C=O) groups is 2. The maximum atomic E-state index is 12.7. The molecule has 40 heteroatoms. The van der Waals surface area contributed by atoms with Crippen LogP contribution in [-0.2, 0) is 80.4 Å². The number of aliphatic hydroxyl groups is 17. The molecular formula is C41H70N3O36P-2. The highest BCUT2D eigenvalue weighted by atomic mass is 31.2. The van der Waals surface area contributed by atoms with Crippen molar-refractivity contribution in [2.24, 2.45) is 5.90 Å². The lowest BCUT2D eigenvalue weighted by atomic mass is 9.96. The van der Waals surface area contributed by atoms with Gasteiger partial charge in [0.2, 0.25) is 0 Å². The average Bonchev–Trinajstić information content (AvgIpc) is 3.57. The van der Waals surface area contributed by atoms with E-state index in [-0.39, 0.29) is 6.42 Å². The molecule has 12 unspecified atom stereocenters. The number of nitrogens with two attached hydrogens (primary N) is 1. The van der Waals surface area contributed by atoms with E-state index in [0.717, 1.165) is 0 Å². The SMILES string of the molecule is CCC1O[C@@H](OC2[C@H](OCC3O[C@@H](OCC4O[C@@H](OCC(=O)NNC(=O)CON)C(O)[C@@H](O[C@@H]5OC(CO)[C@H](O)[C@H](O)C5O[C@@H]5OC(COP(=O)([O-])[O-])[C@H](O)[C@H](O)C5O)[C@H]4O)C(O)[C@@H](O)[C@H]3O)OC(CO)[C@H](O)[C@@H]2O)C(O)[C@@H](O)[C@H]1O. The van der Waals surface area contributed by atoms with Gasteiger partial charge in [-0.15, -0.1) is 0 Å². The Morgan fingerprint density at radius 3 is 1.30 bits per heavy atom. The normalized spacial score (nSPS) is 46.2. The molecule has 472 valence electrons. The number of hydrazine groups is 1. The molecule has 81 heavy (non-hydrogen) atoms. The van der Waals surface area contributed by atoms with Crippen molar-refractivity contribution >= 4 is 19.6 Å². The monoisotopic (exact) mass is 1210 g/mol. The zero-order chi connectivity index (χ0) is 59.9. The molecule has 6 heterocycles. The zero-order valence-corrected chi connectivity index (χ0v) is 43.3. The van der Waals surface area contributed by atoms with Gasteiger partial charge in [-0.1, -0.05) is 6.92 Å². The van der Waals surface area contributed by atoms with Crippen molar-refractivity contribution in [3.63, 3.8) is 0 Å². The van der Waals surface area contributed by atoms with Gasteiger partial charge in [0.1, 0.15) is 154 Å². The lowest BCUT2D eigenvalue weighted by molar-refractivity contribution is -0.391. The quantitative estimate of drug-likeness (QED) is 0.0334. The molecule has 6 rings (SSSR count). The number of carbonyl (C=O) groups excluding carboxylic acids is 2. The van der Waals surface area contributed by atoms with Crippen LogP contribution in [0.25, 0.3) is 0 Å². The van der Waals surface area contributed by atoms with Crippen LogP contribution in [0, 0.1) is 0 Å². The van der Waals surface area contributed by atoms with Crippen LogP contribution in [0.15, 0.2) is 0 Å². The van der Waals surface area contributed by atoms with Crippen LogP contribution in [0.1, 0.15) is 13.3 Å². The molecule has 0 saturated carbocycles. The van der Waals surface area contributed by atoms with Gasteiger partial charge in [-0.2, -0.15) is 0 Å². The zero-order valence-electron chi connectivity index (χ0n) is 42.4. The van der Waals surface area contributed by atoms with Crippen molar-refractivity contribution in [1.29, 1.82) is 0 Å². The number of ether oxygens (including phenoxy) is 12. The Labute approximate surface area is 456 Å². The van der Waals surface area contributed by atoms with E-state index in [4.69, 9.17) is 62.7 Å². The first-order valence-electron chi connectivity index (χ1n) is 24.9. The van der Waals surface area contributed by atoms with Crippen molar-refractivity contribution in [3.05, 3.63) is 0 Å². The van der Waals surface area contributed by atoms with E-state index >= 15 is 0 Å². The van der Waals surface area contributed by atoms with Gasteiger partial charge < -0.3 is 163 Å². The van der Waals surface area contributed by atoms with Crippen LogP contribution >= 0.6 is 7.82 Å².